The third kappa shape index (κ3) is 3.89. The van der Waals surface area contributed by atoms with E-state index in [1.165, 1.54) is 42.6 Å². The molecule has 0 aromatic heterocycles. The van der Waals surface area contributed by atoms with Crippen molar-refractivity contribution in [3.63, 3.8) is 0 Å². The van der Waals surface area contributed by atoms with Crippen molar-refractivity contribution in [2.45, 2.75) is 39.5 Å². The van der Waals surface area contributed by atoms with Crippen molar-refractivity contribution in [3.8, 4) is 0 Å². The van der Waals surface area contributed by atoms with Crippen molar-refractivity contribution in [3.05, 3.63) is 23.8 Å². The van der Waals surface area contributed by atoms with Crippen molar-refractivity contribution in [2.24, 2.45) is 11.8 Å². The maximum atomic E-state index is 3.65. The summed E-state index contributed by atoms with van der Waals surface area (Å²) >= 11 is 0. The van der Waals surface area contributed by atoms with Crippen molar-refractivity contribution < 1.29 is 0 Å². The molecule has 0 saturated heterocycles. The Bertz CT molecular complexity index is 404. The first kappa shape index (κ1) is 14.2. The van der Waals surface area contributed by atoms with Crippen LogP contribution in [0.1, 0.15) is 38.2 Å². The molecule has 2 heteroatoms. The van der Waals surface area contributed by atoms with Crippen LogP contribution >= 0.6 is 0 Å². The van der Waals surface area contributed by atoms with Crippen LogP contribution in [0.5, 0.6) is 0 Å². The van der Waals surface area contributed by atoms with E-state index in [0.29, 0.717) is 0 Å². The van der Waals surface area contributed by atoms with Crippen LogP contribution in [-0.2, 0) is 0 Å². The first-order chi connectivity index (χ1) is 9.06. The molecule has 0 radical (unpaired) electrons. The van der Waals surface area contributed by atoms with E-state index in [2.05, 4.69) is 56.4 Å². The summed E-state index contributed by atoms with van der Waals surface area (Å²) in [4.78, 5) is 2.15. The predicted molar refractivity (Wildman–Crippen MR) is 85.1 cm³/mol. The first-order valence-electron chi connectivity index (χ1n) is 7.58. The third-order valence-corrected chi connectivity index (χ3v) is 4.44. The molecule has 0 atom stereocenters. The number of hydrogen-bond donors (Lipinski definition) is 1. The molecule has 1 aliphatic rings. The second-order valence-electron chi connectivity index (χ2n) is 6.40. The number of nitrogens with zero attached hydrogens (tertiary/aromatic N) is 1. The van der Waals surface area contributed by atoms with Gasteiger partial charge in [0.25, 0.3) is 0 Å². The van der Waals surface area contributed by atoms with Crippen LogP contribution in [0.3, 0.4) is 0 Å². The summed E-state index contributed by atoms with van der Waals surface area (Å²) in [6.07, 6.45) is 5.60. The molecule has 1 aromatic carbocycles. The summed E-state index contributed by atoms with van der Waals surface area (Å²) in [5, 5.41) is 3.65. The fraction of sp³-hybridized carbons (Fsp3) is 0.647. The molecule has 1 aliphatic carbocycles. The second kappa shape index (κ2) is 6.31. The smallest absolute Gasteiger partial charge is 0.0371 e. The van der Waals surface area contributed by atoms with Crippen LogP contribution in [0.15, 0.2) is 18.2 Å². The van der Waals surface area contributed by atoms with Gasteiger partial charge >= 0.3 is 0 Å². The molecule has 1 saturated carbocycles. The van der Waals surface area contributed by atoms with E-state index in [9.17, 15) is 0 Å². The van der Waals surface area contributed by atoms with Gasteiger partial charge in [-0.05, 0) is 55.4 Å². The van der Waals surface area contributed by atoms with Gasteiger partial charge in [-0.25, -0.2) is 0 Å². The van der Waals surface area contributed by atoms with Crippen LogP contribution in [-0.4, -0.2) is 20.6 Å². The number of aryl methyl sites for hydroxylation is 1. The lowest BCUT2D eigenvalue weighted by Gasteiger charge is -2.27. The Balaban J connectivity index is 1.89. The maximum absolute atomic E-state index is 3.65. The van der Waals surface area contributed by atoms with E-state index in [-0.39, 0.29) is 0 Å². The number of rotatable bonds is 4. The summed E-state index contributed by atoms with van der Waals surface area (Å²) in [5.74, 6) is 1.81. The Morgan fingerprint density at radius 3 is 2.42 bits per heavy atom. The average molecular weight is 260 g/mol. The van der Waals surface area contributed by atoms with E-state index in [1.54, 1.807) is 0 Å². The minimum atomic E-state index is 0.865. The third-order valence-electron chi connectivity index (χ3n) is 4.44. The largest absolute Gasteiger partial charge is 0.385 e. The summed E-state index contributed by atoms with van der Waals surface area (Å²) in [5.41, 5.74) is 3.91. The summed E-state index contributed by atoms with van der Waals surface area (Å²) in [6, 6.07) is 6.67. The molecule has 0 unspecified atom stereocenters. The second-order valence-corrected chi connectivity index (χ2v) is 6.40. The molecule has 1 aromatic rings. The molecule has 0 spiro atoms. The van der Waals surface area contributed by atoms with Crippen LogP contribution in [0, 0.1) is 18.8 Å². The molecule has 106 valence electrons. The Hall–Kier alpha value is -1.18. The molecular weight excluding hydrogens is 232 g/mol. The number of benzene rings is 1. The average Bonchev–Trinajstić information content (AvgIpc) is 2.39. The van der Waals surface area contributed by atoms with E-state index in [1.807, 2.05) is 0 Å². The van der Waals surface area contributed by atoms with Crippen molar-refractivity contribution in [1.82, 2.24) is 0 Å². The van der Waals surface area contributed by atoms with Crippen molar-refractivity contribution in [1.29, 1.82) is 0 Å². The minimum Gasteiger partial charge on any atom is -0.385 e. The first-order valence-corrected chi connectivity index (χ1v) is 7.58. The van der Waals surface area contributed by atoms with E-state index < -0.39 is 0 Å². The van der Waals surface area contributed by atoms with E-state index in [4.69, 9.17) is 0 Å². The van der Waals surface area contributed by atoms with Gasteiger partial charge in [0.1, 0.15) is 0 Å². The zero-order valence-corrected chi connectivity index (χ0v) is 12.9. The lowest BCUT2D eigenvalue weighted by Crippen LogP contribution is -2.20. The van der Waals surface area contributed by atoms with Gasteiger partial charge in [-0.2, -0.15) is 0 Å². The van der Waals surface area contributed by atoms with E-state index in [0.717, 1.165) is 18.4 Å². The van der Waals surface area contributed by atoms with Crippen LogP contribution in [0.4, 0.5) is 11.4 Å². The molecule has 2 rings (SSSR count). The highest BCUT2D eigenvalue weighted by atomic mass is 15.1. The van der Waals surface area contributed by atoms with Gasteiger partial charge in [-0.3, -0.25) is 0 Å². The van der Waals surface area contributed by atoms with E-state index >= 15 is 0 Å². The van der Waals surface area contributed by atoms with Gasteiger partial charge in [0.05, 0.1) is 0 Å². The van der Waals surface area contributed by atoms with Gasteiger partial charge in [-0.1, -0.05) is 19.8 Å². The standard InChI is InChI=1S/C17H28N2/c1-13-5-7-15(8-6-13)12-18-17-10-9-16(19(3)4)11-14(17)2/h9-11,13,15,18H,5-8,12H2,1-4H3. The SMILES string of the molecule is Cc1cc(N(C)C)ccc1NCC1CCC(C)CC1. The maximum Gasteiger partial charge on any atom is 0.0371 e. The lowest BCUT2D eigenvalue weighted by atomic mass is 9.83. The predicted octanol–water partition coefficient (Wildman–Crippen LogP) is 4.30. The molecule has 0 heterocycles. The normalized spacial score (nSPS) is 23.2. The summed E-state index contributed by atoms with van der Waals surface area (Å²) in [6.45, 7) is 5.71. The molecule has 0 bridgehead atoms. The summed E-state index contributed by atoms with van der Waals surface area (Å²) < 4.78 is 0. The fourth-order valence-corrected chi connectivity index (χ4v) is 2.91. The topological polar surface area (TPSA) is 15.3 Å². The van der Waals surface area contributed by atoms with Crippen LogP contribution in [0.25, 0.3) is 0 Å². The van der Waals surface area contributed by atoms with Crippen molar-refractivity contribution in [2.75, 3.05) is 30.9 Å². The lowest BCUT2D eigenvalue weighted by molar-refractivity contribution is 0.300. The fourth-order valence-electron chi connectivity index (χ4n) is 2.91. The molecule has 1 fully saturated rings. The molecule has 0 amide bonds. The highest BCUT2D eigenvalue weighted by molar-refractivity contribution is 5.59. The monoisotopic (exact) mass is 260 g/mol. The molecule has 2 nitrogen and oxygen atoms in total. The Labute approximate surface area is 118 Å². The van der Waals surface area contributed by atoms with Crippen LogP contribution in [0.2, 0.25) is 0 Å². The molecule has 0 aliphatic heterocycles. The zero-order chi connectivity index (χ0) is 13.8. The molecular formula is C17H28N2. The van der Waals surface area contributed by atoms with Gasteiger partial charge in [-0.15, -0.1) is 0 Å². The van der Waals surface area contributed by atoms with Crippen molar-refractivity contribution >= 4 is 11.4 Å². The van der Waals surface area contributed by atoms with Gasteiger partial charge in [0, 0.05) is 32.0 Å². The number of anilines is 2. The van der Waals surface area contributed by atoms with Gasteiger partial charge < -0.3 is 10.2 Å². The molecule has 19 heavy (non-hydrogen) atoms. The highest BCUT2D eigenvalue weighted by Gasteiger charge is 2.17. The highest BCUT2D eigenvalue weighted by Crippen LogP contribution is 2.29. The Morgan fingerprint density at radius 1 is 1.16 bits per heavy atom. The van der Waals surface area contributed by atoms with Gasteiger partial charge in [0.2, 0.25) is 0 Å². The quantitative estimate of drug-likeness (QED) is 0.868. The molecule has 1 N–H and O–H groups in total. The Kier molecular flexibility index (Phi) is 4.73. The summed E-state index contributed by atoms with van der Waals surface area (Å²) in [7, 11) is 4.18. The minimum absolute atomic E-state index is 0.865. The van der Waals surface area contributed by atoms with Crippen LogP contribution < -0.4 is 10.2 Å². The number of hydrogen-bond acceptors (Lipinski definition) is 2. The zero-order valence-electron chi connectivity index (χ0n) is 12.9. The number of nitrogens with one attached hydrogen (secondary N) is 1. The Morgan fingerprint density at radius 2 is 1.84 bits per heavy atom. The van der Waals surface area contributed by atoms with Gasteiger partial charge in [0.15, 0.2) is 0 Å².